The highest BCUT2D eigenvalue weighted by atomic mass is 32.2. The van der Waals surface area contributed by atoms with Gasteiger partial charge in [0.05, 0.1) is 24.5 Å². The van der Waals surface area contributed by atoms with E-state index in [1.807, 2.05) is 25.8 Å². The maximum Gasteiger partial charge on any atom is 0.326 e. The van der Waals surface area contributed by atoms with Gasteiger partial charge in [0, 0.05) is 47.3 Å². The second kappa shape index (κ2) is 21.6. The number of fused-ring (bicyclic) bond motifs is 6. The highest BCUT2D eigenvalue weighted by molar-refractivity contribution is 7.99. The first-order valence-corrected chi connectivity index (χ1v) is 26.5. The van der Waals surface area contributed by atoms with Crippen LogP contribution in [0.25, 0.3) is 11.2 Å². The molecule has 16 nitrogen and oxygen atoms in total. The summed E-state index contributed by atoms with van der Waals surface area (Å²) in [5.41, 5.74) is 8.92. The number of nitrogens with zero attached hydrogens (tertiary/aromatic N) is 5. The van der Waals surface area contributed by atoms with Crippen molar-refractivity contribution in [3.63, 3.8) is 0 Å². The number of aliphatic hydroxyl groups is 2. The number of ketones is 1. The van der Waals surface area contributed by atoms with E-state index in [1.165, 1.54) is 12.2 Å². The number of nitrogens with two attached hydrogens (primary N) is 2. The number of alkyl halides is 1. The number of amides is 2. The Kier molecular flexibility index (Phi) is 16.3. The lowest BCUT2D eigenvalue weighted by molar-refractivity contribution is -0.219. The summed E-state index contributed by atoms with van der Waals surface area (Å²) < 4.78 is 17.5. The van der Waals surface area contributed by atoms with Crippen molar-refractivity contribution in [2.24, 2.45) is 28.6 Å². The molecule has 3 saturated carbocycles. The fourth-order valence-electron chi connectivity index (χ4n) is 11.7. The molecule has 2 aromatic heterocycles. The number of unbranched alkanes of at least 4 members (excludes halogenated alkanes) is 5. The number of benzene rings is 1. The molecule has 4 aliphatic rings. The number of rotatable bonds is 22. The van der Waals surface area contributed by atoms with Crippen molar-refractivity contribution in [1.29, 1.82) is 0 Å². The number of carbonyl (C=O) groups excluding carboxylic acids is 3. The number of thioether (sulfide) groups is 2. The number of anilines is 3. The maximum absolute atomic E-state index is 17.5. The quantitative estimate of drug-likeness (QED) is 0.0564. The molecule has 9 N–H and O–H groups in total. The number of hydrogen-bond acceptors (Lipinski definition) is 15. The second-order valence-corrected chi connectivity index (χ2v) is 22.3. The molecule has 2 amide bonds. The lowest BCUT2D eigenvalue weighted by Crippen LogP contribution is -2.70. The van der Waals surface area contributed by atoms with Crippen LogP contribution in [0.1, 0.15) is 107 Å². The highest BCUT2D eigenvalue weighted by Gasteiger charge is 2.75. The molecule has 5 unspecified atom stereocenters. The molecular formula is C50H68FN9O7S2. The molecule has 3 fully saturated rings. The summed E-state index contributed by atoms with van der Waals surface area (Å²) in [5.74, 6) is -0.0315. The summed E-state index contributed by atoms with van der Waals surface area (Å²) >= 11 is 3.46. The zero-order valence-electron chi connectivity index (χ0n) is 40.1. The predicted molar refractivity (Wildman–Crippen MR) is 269 cm³/mol. The Morgan fingerprint density at radius 3 is 2.35 bits per heavy atom. The Hall–Kier alpha value is -4.85. The lowest BCUT2D eigenvalue weighted by atomic mass is 9.44. The Morgan fingerprint density at radius 2 is 1.65 bits per heavy atom. The summed E-state index contributed by atoms with van der Waals surface area (Å²) in [7, 11) is 1.87. The molecule has 4 aliphatic carbocycles. The van der Waals surface area contributed by atoms with E-state index in [1.54, 1.807) is 67.0 Å². The van der Waals surface area contributed by atoms with Crippen molar-refractivity contribution in [2.45, 2.75) is 121 Å². The maximum atomic E-state index is 17.5. The van der Waals surface area contributed by atoms with Crippen LogP contribution in [0.5, 0.6) is 0 Å². The molecule has 7 rings (SSSR count). The third kappa shape index (κ3) is 10.5. The number of nitrogen functional groups attached to an aromatic ring is 2. The fraction of sp³-hybridized carbons (Fsp3) is 0.600. The molecule has 374 valence electrons. The summed E-state index contributed by atoms with van der Waals surface area (Å²) in [6.07, 6.45) is 13.0. The highest BCUT2D eigenvalue weighted by Crippen LogP contribution is 2.70. The van der Waals surface area contributed by atoms with Gasteiger partial charge in [-0.25, -0.2) is 19.2 Å². The number of carboxylic acid groups (broad SMARTS) is 1. The average Bonchev–Trinajstić information content (AvgIpc) is 3.51. The summed E-state index contributed by atoms with van der Waals surface area (Å²) in [6.45, 7) is 6.29. The van der Waals surface area contributed by atoms with Gasteiger partial charge < -0.3 is 42.3 Å². The van der Waals surface area contributed by atoms with Crippen molar-refractivity contribution in [2.75, 3.05) is 53.0 Å². The molecule has 2 heterocycles. The third-order valence-electron chi connectivity index (χ3n) is 15.6. The van der Waals surface area contributed by atoms with Gasteiger partial charge in [0.1, 0.15) is 6.04 Å². The lowest BCUT2D eigenvalue weighted by Gasteiger charge is -2.62. The van der Waals surface area contributed by atoms with E-state index in [2.05, 4.69) is 30.6 Å². The van der Waals surface area contributed by atoms with Crippen LogP contribution >= 0.6 is 23.5 Å². The number of aliphatic hydroxyl groups excluding tert-OH is 1. The van der Waals surface area contributed by atoms with Crippen LogP contribution < -0.4 is 27.0 Å². The summed E-state index contributed by atoms with van der Waals surface area (Å²) in [4.78, 5) is 69.7. The van der Waals surface area contributed by atoms with Crippen LogP contribution in [0.3, 0.4) is 0 Å². The molecule has 19 heteroatoms. The molecule has 0 aliphatic heterocycles. The van der Waals surface area contributed by atoms with Crippen molar-refractivity contribution >= 4 is 75.7 Å². The zero-order valence-corrected chi connectivity index (χ0v) is 41.7. The Labute approximate surface area is 411 Å². The molecule has 0 saturated heterocycles. The fourth-order valence-corrected chi connectivity index (χ4v) is 13.6. The van der Waals surface area contributed by atoms with Gasteiger partial charge >= 0.3 is 5.97 Å². The van der Waals surface area contributed by atoms with Crippen molar-refractivity contribution in [3.05, 3.63) is 65.5 Å². The number of hydrogen-bond donors (Lipinski definition) is 7. The van der Waals surface area contributed by atoms with E-state index in [4.69, 9.17) is 11.5 Å². The van der Waals surface area contributed by atoms with E-state index in [0.717, 1.165) is 55.7 Å². The Morgan fingerprint density at radius 1 is 0.971 bits per heavy atom. The molecule has 3 aromatic rings. The molecule has 9 atom stereocenters. The van der Waals surface area contributed by atoms with Gasteiger partial charge in [-0.2, -0.15) is 33.5 Å². The minimum absolute atomic E-state index is 0.0233. The first-order chi connectivity index (χ1) is 32.8. The number of nitrogens with one attached hydrogen (secondary N) is 2. The topological polar surface area (TPSA) is 260 Å². The van der Waals surface area contributed by atoms with Crippen LogP contribution in [-0.2, 0) is 20.9 Å². The largest absolute Gasteiger partial charge is 0.480 e. The molecule has 0 radical (unpaired) electrons. The predicted octanol–water partition coefficient (Wildman–Crippen LogP) is 6.06. The van der Waals surface area contributed by atoms with Gasteiger partial charge in [0.15, 0.2) is 34.0 Å². The van der Waals surface area contributed by atoms with E-state index < -0.39 is 63.9 Å². The van der Waals surface area contributed by atoms with E-state index in [-0.39, 0.29) is 29.9 Å². The van der Waals surface area contributed by atoms with Crippen LogP contribution in [0.2, 0.25) is 0 Å². The van der Waals surface area contributed by atoms with Gasteiger partial charge in [-0.15, -0.1) is 0 Å². The van der Waals surface area contributed by atoms with Crippen molar-refractivity contribution in [1.82, 2.24) is 30.6 Å². The monoisotopic (exact) mass is 989 g/mol. The van der Waals surface area contributed by atoms with Crippen molar-refractivity contribution in [3.8, 4) is 0 Å². The zero-order chi connectivity index (χ0) is 49.7. The molecule has 0 bridgehead atoms. The SMILES string of the molecule is C[C@@H]1CC2C3CCC4=CC(=O)C=C[C@]4(C)C3(F)C(O)C[C@]2(C)[C@@]1(O)C(=O)NCCSCCCCCCCCSCCC(NC(=O)c1ccc(N(C)Cc2cnc3nc(N)nc(N)c3n2)cc1)C(=O)O. The summed E-state index contributed by atoms with van der Waals surface area (Å²) in [5, 5.41) is 39.3. The second-order valence-electron chi connectivity index (χ2n) is 19.8. The number of carbonyl (C=O) groups is 4. The van der Waals surface area contributed by atoms with E-state index in [0.29, 0.717) is 78.3 Å². The van der Waals surface area contributed by atoms with E-state index >= 15 is 4.39 Å². The first-order valence-electron chi connectivity index (χ1n) is 24.2. The number of carboxylic acids is 1. The average molecular weight is 990 g/mol. The Balaban J connectivity index is 0.730. The molecular weight excluding hydrogens is 922 g/mol. The van der Waals surface area contributed by atoms with Gasteiger partial charge in [-0.1, -0.05) is 51.2 Å². The van der Waals surface area contributed by atoms with E-state index in [9.17, 15) is 34.5 Å². The van der Waals surface area contributed by atoms with Gasteiger partial charge in [-0.3, -0.25) is 14.4 Å². The van der Waals surface area contributed by atoms with Crippen molar-refractivity contribution < 1.29 is 38.9 Å². The van der Waals surface area contributed by atoms with Gasteiger partial charge in [-0.05, 0) is 117 Å². The van der Waals surface area contributed by atoms with Gasteiger partial charge in [0.25, 0.3) is 11.8 Å². The normalized spacial score (nSPS) is 28.6. The van der Waals surface area contributed by atoms with Crippen LogP contribution in [-0.4, -0.2) is 119 Å². The Bertz CT molecular complexity index is 2450. The number of allylic oxidation sites excluding steroid dienone is 4. The third-order valence-corrected chi connectivity index (χ3v) is 17.7. The minimum atomic E-state index is -2.00. The number of aromatic nitrogens is 4. The first kappa shape index (κ1) is 52.0. The minimum Gasteiger partial charge on any atom is -0.480 e. The molecule has 0 spiro atoms. The molecule has 69 heavy (non-hydrogen) atoms. The van der Waals surface area contributed by atoms with Crippen LogP contribution in [0.4, 0.5) is 21.8 Å². The number of halogens is 1. The molecule has 1 aromatic carbocycles. The van der Waals surface area contributed by atoms with Crippen LogP contribution in [0, 0.1) is 28.6 Å². The smallest absolute Gasteiger partial charge is 0.326 e. The summed E-state index contributed by atoms with van der Waals surface area (Å²) in [6, 6.07) is 5.88. The number of aliphatic carboxylic acids is 1. The standard InChI is InChI=1S/C50H68FN9O7S2/c1-30-25-37-36-16-13-32-26-35(61)17-19-47(32,2)49(36,51)39(62)27-48(37,3)50(30,67)45(66)54-20-24-69-22-10-8-6-5-7-9-21-68-23-18-38(44(64)65)57-43(63)31-11-14-34(15-12-31)60(4)29-33-28-55-42-40(56-33)41(52)58-46(53)59-42/h11-12,14-15,17,19,26,28,30,36-39,62,67H,5-10,13,16,18,20-25,27,29H2,1-4H3,(H,54,66)(H,57,63)(H,64,65)(H4,52,53,55,58,59)/t30-,36?,37?,38?,39?,47+,48+,49?,50+/m1/s1. The van der Waals surface area contributed by atoms with Crippen LogP contribution in [0.15, 0.2) is 54.3 Å². The van der Waals surface area contributed by atoms with Gasteiger partial charge in [0.2, 0.25) is 5.95 Å².